The van der Waals surface area contributed by atoms with Crippen LogP contribution in [0.4, 0.5) is 0 Å². The van der Waals surface area contributed by atoms with Gasteiger partial charge in [0, 0.05) is 17.2 Å². The van der Waals surface area contributed by atoms with Crippen molar-refractivity contribution in [1.29, 1.82) is 5.26 Å². The molecule has 0 amide bonds. The number of nitriles is 1. The van der Waals surface area contributed by atoms with Gasteiger partial charge < -0.3 is 4.74 Å². The molecule has 1 aliphatic rings. The first-order chi connectivity index (χ1) is 7.76. The first-order valence-electron chi connectivity index (χ1n) is 5.54. The van der Waals surface area contributed by atoms with Gasteiger partial charge in [-0.25, -0.2) is 4.98 Å². The lowest BCUT2D eigenvalue weighted by atomic mass is 9.84. The van der Waals surface area contributed by atoms with Crippen LogP contribution in [0.5, 0.6) is 5.88 Å². The van der Waals surface area contributed by atoms with Gasteiger partial charge in [0.25, 0.3) is 0 Å². The van der Waals surface area contributed by atoms with E-state index < -0.39 is 0 Å². The summed E-state index contributed by atoms with van der Waals surface area (Å²) < 4.78 is 5.24. The number of aromatic nitrogens is 2. The van der Waals surface area contributed by atoms with Crippen molar-refractivity contribution in [1.82, 2.24) is 9.97 Å². The smallest absolute Gasteiger partial charge is 0.220 e. The Balaban J connectivity index is 2.38. The monoisotopic (exact) mass is 217 g/mol. The molecule has 0 saturated heterocycles. The Labute approximate surface area is 95.3 Å². The quantitative estimate of drug-likeness (QED) is 0.778. The molecule has 0 bridgehead atoms. The number of nitrogens with zero attached hydrogens (tertiary/aromatic N) is 3. The standard InChI is InChI=1S/C12H15N3O/c1-8-10(6-7-13)12(16-2)15-11(14-8)9-4-3-5-9/h9H,3-6H2,1-2H3. The molecule has 0 atom stereocenters. The van der Waals surface area contributed by atoms with Gasteiger partial charge in [-0.1, -0.05) is 6.42 Å². The molecule has 0 N–H and O–H groups in total. The van der Waals surface area contributed by atoms with E-state index in [1.165, 1.54) is 19.3 Å². The maximum absolute atomic E-state index is 8.74. The van der Waals surface area contributed by atoms with Crippen LogP contribution in [-0.4, -0.2) is 17.1 Å². The summed E-state index contributed by atoms with van der Waals surface area (Å²) in [6.45, 7) is 1.92. The number of methoxy groups -OCH3 is 1. The first-order valence-corrected chi connectivity index (χ1v) is 5.54. The highest BCUT2D eigenvalue weighted by Crippen LogP contribution is 2.35. The second kappa shape index (κ2) is 4.48. The molecule has 84 valence electrons. The van der Waals surface area contributed by atoms with Gasteiger partial charge >= 0.3 is 0 Å². The van der Waals surface area contributed by atoms with Gasteiger partial charge in [0.05, 0.1) is 19.6 Å². The summed E-state index contributed by atoms with van der Waals surface area (Å²) in [5.74, 6) is 1.93. The predicted octanol–water partition coefficient (Wildman–Crippen LogP) is 2.13. The first kappa shape index (κ1) is 10.9. The molecule has 0 spiro atoms. The molecule has 2 rings (SSSR count). The van der Waals surface area contributed by atoms with Gasteiger partial charge in [-0.3, -0.25) is 0 Å². The fraction of sp³-hybridized carbons (Fsp3) is 0.583. The fourth-order valence-electron chi connectivity index (χ4n) is 1.89. The average molecular weight is 217 g/mol. The van der Waals surface area contributed by atoms with Gasteiger partial charge in [0.1, 0.15) is 5.82 Å². The van der Waals surface area contributed by atoms with Crippen LogP contribution in [0.1, 0.15) is 42.3 Å². The van der Waals surface area contributed by atoms with Crippen LogP contribution in [0.15, 0.2) is 0 Å². The van der Waals surface area contributed by atoms with Crippen LogP contribution >= 0.6 is 0 Å². The lowest BCUT2D eigenvalue weighted by Gasteiger charge is -2.24. The molecule has 1 aromatic rings. The van der Waals surface area contributed by atoms with Crippen molar-refractivity contribution in [3.63, 3.8) is 0 Å². The zero-order valence-corrected chi connectivity index (χ0v) is 9.66. The second-order valence-corrected chi connectivity index (χ2v) is 4.12. The van der Waals surface area contributed by atoms with E-state index in [2.05, 4.69) is 16.0 Å². The predicted molar refractivity (Wildman–Crippen MR) is 59.2 cm³/mol. The number of hydrogen-bond acceptors (Lipinski definition) is 4. The van der Waals surface area contributed by atoms with Crippen molar-refractivity contribution in [2.24, 2.45) is 0 Å². The number of aryl methyl sites for hydroxylation is 1. The van der Waals surface area contributed by atoms with Crippen LogP contribution < -0.4 is 4.74 Å². The SMILES string of the molecule is COc1nc(C2CCC2)nc(C)c1CC#N. The van der Waals surface area contributed by atoms with E-state index in [0.717, 1.165) is 17.1 Å². The maximum Gasteiger partial charge on any atom is 0.220 e. The molecule has 16 heavy (non-hydrogen) atoms. The number of ether oxygens (including phenoxy) is 1. The minimum absolute atomic E-state index is 0.306. The molecule has 0 unspecified atom stereocenters. The van der Waals surface area contributed by atoms with E-state index in [1.807, 2.05) is 6.92 Å². The normalized spacial score (nSPS) is 15.3. The van der Waals surface area contributed by atoms with Gasteiger partial charge in [0.2, 0.25) is 5.88 Å². The Morgan fingerprint density at radius 3 is 2.69 bits per heavy atom. The van der Waals surface area contributed by atoms with Crippen LogP contribution in [0.2, 0.25) is 0 Å². The van der Waals surface area contributed by atoms with Gasteiger partial charge in [0.15, 0.2) is 0 Å². The third-order valence-corrected chi connectivity index (χ3v) is 3.11. The number of hydrogen-bond donors (Lipinski definition) is 0. The van der Waals surface area contributed by atoms with E-state index in [4.69, 9.17) is 10.00 Å². The zero-order chi connectivity index (χ0) is 11.5. The molecule has 0 radical (unpaired) electrons. The highest BCUT2D eigenvalue weighted by atomic mass is 16.5. The summed E-state index contributed by atoms with van der Waals surface area (Å²) in [6, 6.07) is 2.12. The Morgan fingerprint density at radius 1 is 1.44 bits per heavy atom. The van der Waals surface area contributed by atoms with Crippen molar-refractivity contribution in [3.8, 4) is 11.9 Å². The highest BCUT2D eigenvalue weighted by molar-refractivity contribution is 5.33. The third-order valence-electron chi connectivity index (χ3n) is 3.11. The molecule has 1 saturated carbocycles. The Bertz CT molecular complexity index is 433. The molecular weight excluding hydrogens is 202 g/mol. The minimum Gasteiger partial charge on any atom is -0.481 e. The molecule has 4 heteroatoms. The summed E-state index contributed by atoms with van der Waals surface area (Å²) in [4.78, 5) is 8.89. The fourth-order valence-corrected chi connectivity index (χ4v) is 1.89. The van der Waals surface area contributed by atoms with Crippen molar-refractivity contribution >= 4 is 0 Å². The molecule has 1 aromatic heterocycles. The highest BCUT2D eigenvalue weighted by Gasteiger charge is 2.24. The van der Waals surface area contributed by atoms with Gasteiger partial charge in [-0.05, 0) is 19.8 Å². The summed E-state index contributed by atoms with van der Waals surface area (Å²) in [5, 5.41) is 8.74. The van der Waals surface area contributed by atoms with E-state index in [-0.39, 0.29) is 0 Å². The lowest BCUT2D eigenvalue weighted by Crippen LogP contribution is -2.15. The van der Waals surface area contributed by atoms with Gasteiger partial charge in [-0.2, -0.15) is 10.2 Å². The van der Waals surface area contributed by atoms with Crippen LogP contribution in [-0.2, 0) is 6.42 Å². The maximum atomic E-state index is 8.74. The Hall–Kier alpha value is -1.63. The van der Waals surface area contributed by atoms with Crippen molar-refractivity contribution in [2.45, 2.75) is 38.5 Å². The topological polar surface area (TPSA) is 58.8 Å². The lowest BCUT2D eigenvalue weighted by molar-refractivity contribution is 0.367. The largest absolute Gasteiger partial charge is 0.481 e. The van der Waals surface area contributed by atoms with E-state index in [0.29, 0.717) is 18.2 Å². The zero-order valence-electron chi connectivity index (χ0n) is 9.66. The molecule has 1 fully saturated rings. The average Bonchev–Trinajstić information content (AvgIpc) is 2.19. The summed E-state index contributed by atoms with van der Waals surface area (Å²) in [7, 11) is 1.59. The molecule has 0 aliphatic heterocycles. The van der Waals surface area contributed by atoms with E-state index in [1.54, 1.807) is 7.11 Å². The summed E-state index contributed by atoms with van der Waals surface area (Å²) >= 11 is 0. The minimum atomic E-state index is 0.306. The second-order valence-electron chi connectivity index (χ2n) is 4.12. The van der Waals surface area contributed by atoms with Gasteiger partial charge in [-0.15, -0.1) is 0 Å². The van der Waals surface area contributed by atoms with Crippen molar-refractivity contribution in [2.75, 3.05) is 7.11 Å². The molecule has 1 aliphatic carbocycles. The van der Waals surface area contributed by atoms with E-state index >= 15 is 0 Å². The van der Waals surface area contributed by atoms with Crippen LogP contribution in [0.25, 0.3) is 0 Å². The van der Waals surface area contributed by atoms with E-state index in [9.17, 15) is 0 Å². The summed E-state index contributed by atoms with van der Waals surface area (Å²) in [6.07, 6.45) is 3.90. The van der Waals surface area contributed by atoms with Crippen molar-refractivity contribution < 1.29 is 4.74 Å². The Morgan fingerprint density at radius 2 is 2.19 bits per heavy atom. The number of rotatable bonds is 3. The third kappa shape index (κ3) is 1.85. The van der Waals surface area contributed by atoms with Crippen LogP contribution in [0.3, 0.4) is 0 Å². The Kier molecular flexibility index (Phi) is 3.04. The molecule has 1 heterocycles. The molecule has 0 aromatic carbocycles. The summed E-state index contributed by atoms with van der Waals surface area (Å²) in [5.41, 5.74) is 1.68. The van der Waals surface area contributed by atoms with Crippen LogP contribution in [0, 0.1) is 18.3 Å². The van der Waals surface area contributed by atoms with Crippen molar-refractivity contribution in [3.05, 3.63) is 17.1 Å². The molecular formula is C12H15N3O. The molecule has 4 nitrogen and oxygen atoms in total.